The van der Waals surface area contributed by atoms with Gasteiger partial charge in [-0.25, -0.2) is 4.98 Å². The Morgan fingerprint density at radius 2 is 1.78 bits per heavy atom. The molecule has 3 aromatic rings. The lowest BCUT2D eigenvalue weighted by atomic mass is 10.3. The molecule has 0 aliphatic heterocycles. The minimum Gasteiger partial charge on any atom is -0.295 e. The lowest BCUT2D eigenvalue weighted by molar-refractivity contribution is 0.982. The summed E-state index contributed by atoms with van der Waals surface area (Å²) in [7, 11) is 0. The molecular formula is C14H10Cl2N2. The third kappa shape index (κ3) is 1.78. The van der Waals surface area contributed by atoms with Crippen molar-refractivity contribution in [3.63, 3.8) is 0 Å². The van der Waals surface area contributed by atoms with E-state index in [0.717, 1.165) is 22.5 Å². The van der Waals surface area contributed by atoms with Crippen LogP contribution in [0.15, 0.2) is 48.5 Å². The lowest BCUT2D eigenvalue weighted by Gasteiger charge is -2.07. The highest BCUT2D eigenvalue weighted by molar-refractivity contribution is 6.35. The fourth-order valence-corrected chi connectivity index (χ4v) is 2.46. The van der Waals surface area contributed by atoms with E-state index >= 15 is 0 Å². The first kappa shape index (κ1) is 11.6. The molecule has 0 amide bonds. The van der Waals surface area contributed by atoms with Crippen molar-refractivity contribution in [2.75, 3.05) is 0 Å². The second kappa shape index (κ2) is 4.63. The fourth-order valence-electron chi connectivity index (χ4n) is 2.07. The summed E-state index contributed by atoms with van der Waals surface area (Å²) < 4.78 is 2.04. The quantitative estimate of drug-likeness (QED) is 0.634. The number of nitrogens with zero attached hydrogens (tertiary/aromatic N) is 2. The molecule has 4 heteroatoms. The fraction of sp³-hybridized carbons (Fsp3) is 0.0714. The van der Waals surface area contributed by atoms with Crippen molar-refractivity contribution < 1.29 is 0 Å². The van der Waals surface area contributed by atoms with Crippen LogP contribution in [0.5, 0.6) is 0 Å². The van der Waals surface area contributed by atoms with Crippen LogP contribution in [0, 0.1) is 0 Å². The molecule has 0 spiro atoms. The molecule has 1 aromatic heterocycles. The number of fused-ring (bicyclic) bond motifs is 1. The first-order valence-corrected chi connectivity index (χ1v) is 6.50. The van der Waals surface area contributed by atoms with Gasteiger partial charge in [-0.1, -0.05) is 35.9 Å². The van der Waals surface area contributed by atoms with Crippen LogP contribution in [0.25, 0.3) is 16.7 Å². The van der Waals surface area contributed by atoms with Crippen molar-refractivity contribution in [1.29, 1.82) is 0 Å². The molecule has 1 heterocycles. The summed E-state index contributed by atoms with van der Waals surface area (Å²) in [6.45, 7) is 0. The SMILES string of the molecule is ClCc1nc2c(Cl)cccc2n1-c1ccccc1. The van der Waals surface area contributed by atoms with E-state index in [9.17, 15) is 0 Å². The summed E-state index contributed by atoms with van der Waals surface area (Å²) in [6.07, 6.45) is 0. The van der Waals surface area contributed by atoms with Crippen LogP contribution in [0.4, 0.5) is 0 Å². The van der Waals surface area contributed by atoms with E-state index in [1.807, 2.05) is 53.1 Å². The van der Waals surface area contributed by atoms with Crippen LogP contribution in [-0.4, -0.2) is 9.55 Å². The Hall–Kier alpha value is -1.51. The molecule has 2 aromatic carbocycles. The molecule has 0 aliphatic rings. The summed E-state index contributed by atoms with van der Waals surface area (Å²) in [5.74, 6) is 1.14. The number of alkyl halides is 1. The topological polar surface area (TPSA) is 17.8 Å². The molecule has 0 unspecified atom stereocenters. The third-order valence-corrected chi connectivity index (χ3v) is 3.38. The van der Waals surface area contributed by atoms with Crippen molar-refractivity contribution >= 4 is 34.2 Å². The first-order chi connectivity index (χ1) is 8.81. The molecule has 0 fully saturated rings. The van der Waals surface area contributed by atoms with Gasteiger partial charge in [0.25, 0.3) is 0 Å². The van der Waals surface area contributed by atoms with Crippen molar-refractivity contribution in [3.05, 3.63) is 59.4 Å². The van der Waals surface area contributed by atoms with Crippen LogP contribution in [0.3, 0.4) is 0 Å². The minimum atomic E-state index is 0.347. The van der Waals surface area contributed by atoms with Gasteiger partial charge < -0.3 is 0 Å². The average molecular weight is 277 g/mol. The van der Waals surface area contributed by atoms with Crippen molar-refractivity contribution in [2.24, 2.45) is 0 Å². The molecule has 18 heavy (non-hydrogen) atoms. The molecule has 0 radical (unpaired) electrons. The number of imidazole rings is 1. The maximum absolute atomic E-state index is 6.17. The summed E-state index contributed by atoms with van der Waals surface area (Å²) in [6, 6.07) is 15.8. The van der Waals surface area contributed by atoms with E-state index < -0.39 is 0 Å². The Bertz CT molecular complexity index is 690. The lowest BCUT2D eigenvalue weighted by Crippen LogP contribution is -1.98. The summed E-state index contributed by atoms with van der Waals surface area (Å²) >= 11 is 12.1. The molecule has 0 aliphatic carbocycles. The minimum absolute atomic E-state index is 0.347. The van der Waals surface area contributed by atoms with Gasteiger partial charge in [-0.15, -0.1) is 11.6 Å². The van der Waals surface area contributed by atoms with E-state index in [2.05, 4.69) is 4.98 Å². The second-order valence-electron chi connectivity index (χ2n) is 3.94. The van der Waals surface area contributed by atoms with Crippen molar-refractivity contribution in [1.82, 2.24) is 9.55 Å². The van der Waals surface area contributed by atoms with Crippen molar-refractivity contribution in [3.8, 4) is 5.69 Å². The smallest absolute Gasteiger partial charge is 0.129 e. The van der Waals surface area contributed by atoms with Gasteiger partial charge in [0.05, 0.1) is 16.4 Å². The zero-order chi connectivity index (χ0) is 12.5. The summed E-state index contributed by atoms with van der Waals surface area (Å²) in [5, 5.41) is 0.647. The molecule has 0 saturated carbocycles. The summed E-state index contributed by atoms with van der Waals surface area (Å²) in [4.78, 5) is 4.51. The molecule has 90 valence electrons. The number of halogens is 2. The average Bonchev–Trinajstić information content (AvgIpc) is 2.80. The molecule has 0 saturated heterocycles. The van der Waals surface area contributed by atoms with Crippen molar-refractivity contribution in [2.45, 2.75) is 5.88 Å². The Kier molecular flexibility index (Phi) is 2.98. The van der Waals surface area contributed by atoms with Gasteiger partial charge in [-0.05, 0) is 24.3 Å². The van der Waals surface area contributed by atoms with Gasteiger partial charge in [0.15, 0.2) is 0 Å². The predicted molar refractivity (Wildman–Crippen MR) is 75.6 cm³/mol. The highest BCUT2D eigenvalue weighted by atomic mass is 35.5. The third-order valence-electron chi connectivity index (χ3n) is 2.84. The number of hydrogen-bond acceptors (Lipinski definition) is 1. The zero-order valence-corrected chi connectivity index (χ0v) is 11.0. The van der Waals surface area contributed by atoms with Gasteiger partial charge in [0, 0.05) is 5.69 Å². The first-order valence-electron chi connectivity index (χ1n) is 5.58. The molecular weight excluding hydrogens is 267 g/mol. The van der Waals surface area contributed by atoms with Crippen LogP contribution >= 0.6 is 23.2 Å². The van der Waals surface area contributed by atoms with Gasteiger partial charge >= 0.3 is 0 Å². The molecule has 0 N–H and O–H groups in total. The standard InChI is InChI=1S/C14H10Cl2N2/c15-9-13-17-14-11(16)7-4-8-12(14)18(13)10-5-2-1-3-6-10/h1-8H,9H2. The number of benzene rings is 2. The Morgan fingerprint density at radius 3 is 2.50 bits per heavy atom. The zero-order valence-electron chi connectivity index (χ0n) is 9.48. The van der Waals surface area contributed by atoms with Crippen LogP contribution in [0.2, 0.25) is 5.02 Å². The molecule has 2 nitrogen and oxygen atoms in total. The van der Waals surface area contributed by atoms with Gasteiger partial charge in [-0.3, -0.25) is 4.57 Å². The number of para-hydroxylation sites is 2. The molecule has 0 bridgehead atoms. The van der Waals surface area contributed by atoms with E-state index in [4.69, 9.17) is 23.2 Å². The van der Waals surface area contributed by atoms with E-state index in [1.54, 1.807) is 0 Å². The maximum Gasteiger partial charge on any atom is 0.129 e. The van der Waals surface area contributed by atoms with E-state index in [1.165, 1.54) is 0 Å². The second-order valence-corrected chi connectivity index (χ2v) is 4.61. The van der Waals surface area contributed by atoms with Gasteiger partial charge in [-0.2, -0.15) is 0 Å². The molecule has 0 atom stereocenters. The monoisotopic (exact) mass is 276 g/mol. The van der Waals surface area contributed by atoms with Gasteiger partial charge in [0.2, 0.25) is 0 Å². The Morgan fingerprint density at radius 1 is 1.00 bits per heavy atom. The maximum atomic E-state index is 6.17. The largest absolute Gasteiger partial charge is 0.295 e. The Balaban J connectivity index is 2.37. The Labute approximate surface area is 115 Å². The molecule has 3 rings (SSSR count). The van der Waals surface area contributed by atoms with Gasteiger partial charge in [0.1, 0.15) is 11.3 Å². The van der Waals surface area contributed by atoms with E-state index in [-0.39, 0.29) is 0 Å². The summed E-state index contributed by atoms with van der Waals surface area (Å²) in [5.41, 5.74) is 2.81. The normalized spacial score (nSPS) is 11.0. The number of hydrogen-bond donors (Lipinski definition) is 0. The van der Waals surface area contributed by atoms with Crippen LogP contribution in [0.1, 0.15) is 5.82 Å². The highest BCUT2D eigenvalue weighted by Gasteiger charge is 2.13. The predicted octanol–water partition coefficient (Wildman–Crippen LogP) is 4.42. The van der Waals surface area contributed by atoms with Crippen LogP contribution in [-0.2, 0) is 5.88 Å². The number of rotatable bonds is 2. The van der Waals surface area contributed by atoms with Crippen LogP contribution < -0.4 is 0 Å². The number of aromatic nitrogens is 2. The highest BCUT2D eigenvalue weighted by Crippen LogP contribution is 2.27. The van der Waals surface area contributed by atoms with E-state index in [0.29, 0.717) is 10.9 Å².